The van der Waals surface area contributed by atoms with Gasteiger partial charge in [-0.25, -0.2) is 8.78 Å². The summed E-state index contributed by atoms with van der Waals surface area (Å²) in [6.07, 6.45) is 3.35. The summed E-state index contributed by atoms with van der Waals surface area (Å²) in [6.45, 7) is 0.364. The molecule has 0 saturated heterocycles. The van der Waals surface area contributed by atoms with Crippen molar-refractivity contribution < 1.29 is 13.6 Å². The third-order valence-corrected chi connectivity index (χ3v) is 4.61. The molecule has 2 aliphatic rings. The van der Waals surface area contributed by atoms with Gasteiger partial charge in [-0.3, -0.25) is 4.79 Å². The maximum absolute atomic E-state index is 12.3. The normalized spacial score (nSPS) is 30.4. The van der Waals surface area contributed by atoms with E-state index in [0.717, 1.165) is 38.5 Å². The number of nitrogens with one attached hydrogen (secondary N) is 1. The van der Waals surface area contributed by atoms with Crippen LogP contribution in [0, 0.1) is 5.92 Å². The maximum atomic E-state index is 12.3. The molecule has 116 valence electrons. The molecule has 0 heterocycles. The Morgan fingerprint density at radius 1 is 1.45 bits per heavy atom. The number of hydrogen-bond acceptors (Lipinski definition) is 3. The molecule has 0 aliphatic heterocycles. The lowest BCUT2D eigenvalue weighted by atomic mass is 9.83. The van der Waals surface area contributed by atoms with Crippen molar-refractivity contribution >= 4 is 5.91 Å². The number of halogens is 2. The van der Waals surface area contributed by atoms with Crippen LogP contribution in [0.25, 0.3) is 0 Å². The number of carbonyl (C=O) groups is 1. The number of primary amides is 1. The summed E-state index contributed by atoms with van der Waals surface area (Å²) in [5, 5.41) is 3.44. The van der Waals surface area contributed by atoms with E-state index in [1.54, 1.807) is 11.9 Å². The lowest BCUT2D eigenvalue weighted by molar-refractivity contribution is -0.126. The smallest absolute Gasteiger partial charge is 0.251 e. The number of nitrogens with two attached hydrogens (primary N) is 1. The fraction of sp³-hybridized carbons (Fsp3) is 0.929. The molecular weight excluding hydrogens is 264 g/mol. The number of amides is 1. The summed E-state index contributed by atoms with van der Waals surface area (Å²) in [4.78, 5) is 13.6. The van der Waals surface area contributed by atoms with Gasteiger partial charge in [0.2, 0.25) is 5.91 Å². The van der Waals surface area contributed by atoms with Crippen LogP contribution in [0.15, 0.2) is 0 Å². The lowest BCUT2D eigenvalue weighted by Gasteiger charge is -2.34. The molecule has 2 rings (SSSR count). The highest BCUT2D eigenvalue weighted by molar-refractivity contribution is 5.85. The van der Waals surface area contributed by atoms with Gasteiger partial charge in [0, 0.05) is 6.04 Å². The van der Waals surface area contributed by atoms with E-state index >= 15 is 0 Å². The molecule has 0 aromatic heterocycles. The van der Waals surface area contributed by atoms with Crippen molar-refractivity contribution in [3.8, 4) is 0 Å². The SMILES string of the molecule is CN(CCC1CCCC1(NC1CC1)C(N)=O)CC(F)F. The quantitative estimate of drug-likeness (QED) is 0.709. The van der Waals surface area contributed by atoms with E-state index in [1.165, 1.54) is 0 Å². The average Bonchev–Trinajstić information content (AvgIpc) is 3.05. The van der Waals surface area contributed by atoms with E-state index in [0.29, 0.717) is 12.6 Å². The molecule has 3 N–H and O–H groups in total. The Morgan fingerprint density at radius 3 is 2.70 bits per heavy atom. The van der Waals surface area contributed by atoms with Crippen molar-refractivity contribution in [3.63, 3.8) is 0 Å². The van der Waals surface area contributed by atoms with E-state index in [2.05, 4.69) is 5.32 Å². The van der Waals surface area contributed by atoms with E-state index in [4.69, 9.17) is 5.73 Å². The number of nitrogens with zero attached hydrogens (tertiary/aromatic N) is 1. The van der Waals surface area contributed by atoms with Gasteiger partial charge < -0.3 is 16.0 Å². The molecule has 2 saturated carbocycles. The standard InChI is InChI=1S/C14H25F2N3O/c1-19(9-12(15)16)8-6-10-3-2-7-14(10,13(17)20)18-11-4-5-11/h10-12,18H,2-9H2,1H3,(H2,17,20). The Bertz CT molecular complexity index is 349. The first-order chi connectivity index (χ1) is 9.44. The van der Waals surface area contributed by atoms with Crippen LogP contribution in [0.3, 0.4) is 0 Å². The zero-order chi connectivity index (χ0) is 14.8. The van der Waals surface area contributed by atoms with Crippen LogP contribution in [-0.4, -0.2) is 49.0 Å². The summed E-state index contributed by atoms with van der Waals surface area (Å²) < 4.78 is 24.6. The van der Waals surface area contributed by atoms with Crippen molar-refractivity contribution in [3.05, 3.63) is 0 Å². The highest BCUT2D eigenvalue weighted by Crippen LogP contribution is 2.40. The van der Waals surface area contributed by atoms with Crippen LogP contribution in [-0.2, 0) is 4.79 Å². The number of carbonyl (C=O) groups excluding carboxylic acids is 1. The lowest BCUT2D eigenvalue weighted by Crippen LogP contribution is -2.59. The van der Waals surface area contributed by atoms with Gasteiger partial charge in [-0.05, 0) is 51.6 Å². The number of hydrogen-bond donors (Lipinski definition) is 2. The fourth-order valence-electron chi connectivity index (χ4n) is 3.35. The highest BCUT2D eigenvalue weighted by Gasteiger charge is 2.49. The second-order valence-electron chi connectivity index (χ2n) is 6.29. The molecule has 1 amide bonds. The minimum Gasteiger partial charge on any atom is -0.368 e. The van der Waals surface area contributed by atoms with Gasteiger partial charge in [0.05, 0.1) is 6.54 Å². The Labute approximate surface area is 119 Å². The van der Waals surface area contributed by atoms with Gasteiger partial charge in [-0.1, -0.05) is 6.42 Å². The van der Waals surface area contributed by atoms with Crippen LogP contribution in [0.2, 0.25) is 0 Å². The van der Waals surface area contributed by atoms with Crippen LogP contribution >= 0.6 is 0 Å². The Kier molecular flexibility index (Phi) is 4.96. The molecule has 0 bridgehead atoms. The Balaban J connectivity index is 1.92. The van der Waals surface area contributed by atoms with Crippen LogP contribution in [0.1, 0.15) is 38.5 Å². The molecule has 2 fully saturated rings. The van der Waals surface area contributed by atoms with E-state index in [9.17, 15) is 13.6 Å². The zero-order valence-electron chi connectivity index (χ0n) is 12.1. The molecule has 2 unspecified atom stereocenters. The predicted octanol–water partition coefficient (Wildman–Crippen LogP) is 1.35. The second kappa shape index (κ2) is 6.35. The molecule has 6 heteroatoms. The van der Waals surface area contributed by atoms with Gasteiger partial charge in [-0.2, -0.15) is 0 Å². The fourth-order valence-corrected chi connectivity index (χ4v) is 3.35. The van der Waals surface area contributed by atoms with Crippen molar-refractivity contribution in [2.75, 3.05) is 20.1 Å². The van der Waals surface area contributed by atoms with Crippen molar-refractivity contribution in [1.29, 1.82) is 0 Å². The highest BCUT2D eigenvalue weighted by atomic mass is 19.3. The Morgan fingerprint density at radius 2 is 2.15 bits per heavy atom. The Hall–Kier alpha value is -0.750. The summed E-state index contributed by atoms with van der Waals surface area (Å²) in [5.74, 6) is -0.107. The largest absolute Gasteiger partial charge is 0.368 e. The molecule has 2 atom stereocenters. The second-order valence-corrected chi connectivity index (χ2v) is 6.29. The van der Waals surface area contributed by atoms with E-state index < -0.39 is 12.0 Å². The first-order valence-electron chi connectivity index (χ1n) is 7.48. The molecule has 0 radical (unpaired) electrons. The molecule has 0 aromatic rings. The van der Waals surface area contributed by atoms with Gasteiger partial charge in [-0.15, -0.1) is 0 Å². The van der Waals surface area contributed by atoms with Gasteiger partial charge >= 0.3 is 0 Å². The first-order valence-corrected chi connectivity index (χ1v) is 7.48. The third-order valence-electron chi connectivity index (χ3n) is 4.61. The molecule has 2 aliphatic carbocycles. The molecular formula is C14H25F2N3O. The summed E-state index contributed by atoms with van der Waals surface area (Å²) in [5.41, 5.74) is 5.05. The van der Waals surface area contributed by atoms with Gasteiger partial charge in [0.1, 0.15) is 5.54 Å². The van der Waals surface area contributed by atoms with E-state index in [1.807, 2.05) is 0 Å². The van der Waals surface area contributed by atoms with Crippen LogP contribution in [0.5, 0.6) is 0 Å². The summed E-state index contributed by atoms with van der Waals surface area (Å²) >= 11 is 0. The first kappa shape index (κ1) is 15.6. The summed E-state index contributed by atoms with van der Waals surface area (Å²) in [7, 11) is 1.70. The van der Waals surface area contributed by atoms with Crippen molar-refractivity contribution in [1.82, 2.24) is 10.2 Å². The molecule has 0 aromatic carbocycles. The van der Waals surface area contributed by atoms with Crippen molar-refractivity contribution in [2.24, 2.45) is 11.7 Å². The monoisotopic (exact) mass is 289 g/mol. The van der Waals surface area contributed by atoms with E-state index in [-0.39, 0.29) is 18.4 Å². The zero-order valence-corrected chi connectivity index (χ0v) is 12.1. The molecule has 4 nitrogen and oxygen atoms in total. The average molecular weight is 289 g/mol. The minimum absolute atomic E-state index is 0.167. The number of rotatable bonds is 8. The minimum atomic E-state index is -2.31. The van der Waals surface area contributed by atoms with Crippen molar-refractivity contribution in [2.45, 2.75) is 56.5 Å². The topological polar surface area (TPSA) is 58.4 Å². The maximum Gasteiger partial charge on any atom is 0.251 e. The summed E-state index contributed by atoms with van der Waals surface area (Å²) in [6, 6.07) is 0.418. The molecule has 0 spiro atoms. The van der Waals surface area contributed by atoms with Gasteiger partial charge in [0.15, 0.2) is 0 Å². The third kappa shape index (κ3) is 3.67. The van der Waals surface area contributed by atoms with Crippen LogP contribution in [0.4, 0.5) is 8.78 Å². The predicted molar refractivity (Wildman–Crippen MR) is 73.5 cm³/mol. The molecule has 20 heavy (non-hydrogen) atoms. The van der Waals surface area contributed by atoms with Gasteiger partial charge in [0.25, 0.3) is 6.43 Å². The number of alkyl halides is 2. The van der Waals surface area contributed by atoms with Crippen LogP contribution < -0.4 is 11.1 Å².